The predicted molar refractivity (Wildman–Crippen MR) is 142 cm³/mol. The average molecular weight is 577 g/mol. The van der Waals surface area contributed by atoms with Crippen LogP contribution in [0.4, 0.5) is 5.82 Å². The van der Waals surface area contributed by atoms with Gasteiger partial charge in [-0.3, -0.25) is 9.59 Å². The van der Waals surface area contributed by atoms with Crippen molar-refractivity contribution in [3.63, 3.8) is 0 Å². The Morgan fingerprint density at radius 2 is 1.38 bits per heavy atom. The molecule has 5 nitrogen and oxygen atoms in total. The lowest BCUT2D eigenvalue weighted by atomic mass is 9.92. The summed E-state index contributed by atoms with van der Waals surface area (Å²) in [6, 6.07) is 22.2. The molecule has 0 fully saturated rings. The number of halogens is 2. The third-order valence-electron chi connectivity index (χ3n) is 5.84. The van der Waals surface area contributed by atoms with E-state index in [0.717, 1.165) is 31.1 Å². The van der Waals surface area contributed by atoms with Crippen molar-refractivity contribution in [2.75, 3.05) is 5.73 Å². The topological polar surface area (TPSA) is 91.7 Å². The first-order valence-corrected chi connectivity index (χ1v) is 12.1. The number of aromatic nitrogens is 2. The highest BCUT2D eigenvalue weighted by Gasteiger charge is 2.30. The summed E-state index contributed by atoms with van der Waals surface area (Å²) < 4.78 is 1.76. The van der Waals surface area contributed by atoms with Gasteiger partial charge in [-0.2, -0.15) is 0 Å². The maximum Gasteiger partial charge on any atom is 0.209 e. The second-order valence-electron chi connectivity index (χ2n) is 8.01. The van der Waals surface area contributed by atoms with E-state index >= 15 is 0 Å². The minimum atomic E-state index is -0.244. The van der Waals surface area contributed by atoms with Gasteiger partial charge in [0.15, 0.2) is 5.78 Å². The maximum atomic E-state index is 14.0. The van der Waals surface area contributed by atoms with E-state index in [2.05, 4.69) is 41.8 Å². The van der Waals surface area contributed by atoms with Gasteiger partial charge >= 0.3 is 0 Å². The molecule has 34 heavy (non-hydrogen) atoms. The molecule has 2 heterocycles. The average Bonchev–Trinajstić information content (AvgIpc) is 3.35. The number of H-pyrrole nitrogens is 2. The zero-order chi connectivity index (χ0) is 24.0. The molecular weight excluding hydrogens is 558 g/mol. The molecule has 0 saturated carbocycles. The van der Waals surface area contributed by atoms with Gasteiger partial charge in [0, 0.05) is 36.7 Å². The molecule has 0 saturated heterocycles. The van der Waals surface area contributed by atoms with Gasteiger partial charge < -0.3 is 15.7 Å². The number of nitrogen functional groups attached to an aromatic ring is 1. The zero-order valence-corrected chi connectivity index (χ0v) is 21.2. The number of anilines is 1. The van der Waals surface area contributed by atoms with Crippen LogP contribution in [0.1, 0.15) is 37.7 Å². The molecule has 0 aliphatic carbocycles. The number of nitrogens with one attached hydrogen (secondary N) is 2. The molecule has 5 aromatic rings. The Balaban J connectivity index is 1.75. The summed E-state index contributed by atoms with van der Waals surface area (Å²) in [6.07, 6.45) is 0. The van der Waals surface area contributed by atoms with Crippen molar-refractivity contribution in [1.29, 1.82) is 0 Å². The maximum absolute atomic E-state index is 14.0. The first-order valence-electron chi connectivity index (χ1n) is 10.5. The molecule has 7 heteroatoms. The van der Waals surface area contributed by atoms with Crippen molar-refractivity contribution in [2.45, 2.75) is 6.92 Å². The van der Waals surface area contributed by atoms with Crippen molar-refractivity contribution in [3.8, 4) is 11.1 Å². The van der Waals surface area contributed by atoms with Gasteiger partial charge in [0.05, 0.1) is 16.8 Å². The second kappa shape index (κ2) is 8.74. The van der Waals surface area contributed by atoms with E-state index in [1.807, 2.05) is 55.5 Å². The fourth-order valence-corrected chi connectivity index (χ4v) is 4.80. The Hall–Kier alpha value is -3.42. The summed E-state index contributed by atoms with van der Waals surface area (Å²) in [5, 5.41) is 0.813. The molecular formula is C27H19Br2N3O2. The van der Waals surface area contributed by atoms with E-state index in [-0.39, 0.29) is 28.6 Å². The lowest BCUT2D eigenvalue weighted by Crippen LogP contribution is -2.07. The van der Waals surface area contributed by atoms with E-state index < -0.39 is 0 Å². The highest BCUT2D eigenvalue weighted by molar-refractivity contribution is 9.10. The number of aromatic amines is 2. The smallest absolute Gasteiger partial charge is 0.209 e. The highest BCUT2D eigenvalue weighted by Crippen LogP contribution is 2.37. The van der Waals surface area contributed by atoms with Crippen molar-refractivity contribution in [1.82, 2.24) is 9.97 Å². The van der Waals surface area contributed by atoms with Crippen LogP contribution in [0.2, 0.25) is 0 Å². The molecule has 5 rings (SSSR count). The van der Waals surface area contributed by atoms with E-state index in [9.17, 15) is 9.59 Å². The van der Waals surface area contributed by atoms with Gasteiger partial charge in [-0.15, -0.1) is 0 Å². The van der Waals surface area contributed by atoms with Crippen molar-refractivity contribution in [2.24, 2.45) is 0 Å². The lowest BCUT2D eigenvalue weighted by molar-refractivity contribution is 0.103. The number of hydrogen-bond donors (Lipinski definition) is 3. The molecule has 2 aromatic heterocycles. The molecule has 168 valence electrons. The lowest BCUT2D eigenvalue weighted by Gasteiger charge is -2.09. The van der Waals surface area contributed by atoms with Crippen molar-refractivity contribution >= 4 is 60.1 Å². The third kappa shape index (κ3) is 3.81. The standard InChI is InChI=1S/C27H19Br2N3O2/c1-14-21(19-4-2-3-5-20(19)31-14)26(34)23-22(15-6-10-17(28)11-7-15)24(32-27(23)30)25(33)16-8-12-18(29)13-9-16/h2-13,31-32H,30H2,1H3. The van der Waals surface area contributed by atoms with Crippen LogP contribution in [0.5, 0.6) is 0 Å². The summed E-state index contributed by atoms with van der Waals surface area (Å²) in [6.45, 7) is 1.86. The van der Waals surface area contributed by atoms with Gasteiger partial charge in [-0.1, -0.05) is 62.2 Å². The molecule has 0 radical (unpaired) electrons. The number of fused-ring (bicyclic) bond motifs is 1. The quantitative estimate of drug-likeness (QED) is 0.196. The van der Waals surface area contributed by atoms with E-state index in [1.165, 1.54) is 0 Å². The van der Waals surface area contributed by atoms with Crippen LogP contribution in [-0.4, -0.2) is 21.5 Å². The Kier molecular flexibility index (Phi) is 5.75. The number of aryl methyl sites for hydroxylation is 1. The summed E-state index contributed by atoms with van der Waals surface area (Å²) in [7, 11) is 0. The molecule has 3 aromatic carbocycles. The van der Waals surface area contributed by atoms with E-state index in [4.69, 9.17) is 5.73 Å². The zero-order valence-electron chi connectivity index (χ0n) is 18.1. The molecule has 0 atom stereocenters. The minimum Gasteiger partial charge on any atom is -0.385 e. The Bertz CT molecular complexity index is 1560. The van der Waals surface area contributed by atoms with Gasteiger partial charge in [-0.05, 0) is 55.0 Å². The number of nitrogens with two attached hydrogens (primary N) is 1. The Morgan fingerprint density at radius 1 is 0.765 bits per heavy atom. The van der Waals surface area contributed by atoms with Crippen molar-refractivity contribution in [3.05, 3.63) is 110 Å². The van der Waals surface area contributed by atoms with Gasteiger partial charge in [0.1, 0.15) is 5.82 Å². The van der Waals surface area contributed by atoms with Crippen LogP contribution in [0.3, 0.4) is 0 Å². The number of benzene rings is 3. The molecule has 0 aliphatic heterocycles. The van der Waals surface area contributed by atoms with Crippen LogP contribution in [-0.2, 0) is 0 Å². The molecule has 0 aliphatic rings. The van der Waals surface area contributed by atoms with Crippen LogP contribution in [0, 0.1) is 6.92 Å². The highest BCUT2D eigenvalue weighted by atomic mass is 79.9. The largest absolute Gasteiger partial charge is 0.385 e. The van der Waals surface area contributed by atoms with Crippen LogP contribution in [0.25, 0.3) is 22.0 Å². The van der Waals surface area contributed by atoms with Crippen LogP contribution < -0.4 is 5.73 Å². The first-order chi connectivity index (χ1) is 16.3. The molecule has 0 spiro atoms. The number of para-hydroxylation sites is 1. The number of rotatable bonds is 5. The Labute approximate surface area is 212 Å². The molecule has 4 N–H and O–H groups in total. The summed E-state index contributed by atoms with van der Waals surface area (Å²) >= 11 is 6.86. The molecule has 0 amide bonds. The first kappa shape index (κ1) is 22.4. The Morgan fingerprint density at radius 3 is 2.06 bits per heavy atom. The van der Waals surface area contributed by atoms with Crippen LogP contribution in [0.15, 0.2) is 81.7 Å². The number of carbonyl (C=O) groups is 2. The number of hydrogen-bond acceptors (Lipinski definition) is 3. The molecule has 0 unspecified atom stereocenters. The van der Waals surface area contributed by atoms with Crippen molar-refractivity contribution < 1.29 is 9.59 Å². The third-order valence-corrected chi connectivity index (χ3v) is 6.90. The van der Waals surface area contributed by atoms with Gasteiger partial charge in [0.25, 0.3) is 0 Å². The van der Waals surface area contributed by atoms with Gasteiger partial charge in [-0.25, -0.2) is 0 Å². The fraction of sp³-hybridized carbons (Fsp3) is 0.0370. The van der Waals surface area contributed by atoms with Gasteiger partial charge in [0.2, 0.25) is 5.78 Å². The molecule has 0 bridgehead atoms. The SMILES string of the molecule is Cc1[nH]c2ccccc2c1C(=O)c1c(N)[nH]c(C(=O)c2ccc(Br)cc2)c1-c1ccc(Br)cc1. The van der Waals surface area contributed by atoms with E-state index in [0.29, 0.717) is 16.7 Å². The summed E-state index contributed by atoms with van der Waals surface area (Å²) in [5.41, 5.74) is 10.8. The number of carbonyl (C=O) groups excluding carboxylic acids is 2. The predicted octanol–water partition coefficient (Wildman–Crippen LogP) is 7.04. The summed E-state index contributed by atoms with van der Waals surface area (Å²) in [5.74, 6) is -0.323. The summed E-state index contributed by atoms with van der Waals surface area (Å²) in [4.78, 5) is 33.8. The van der Waals surface area contributed by atoms with Crippen LogP contribution >= 0.6 is 31.9 Å². The fourth-order valence-electron chi connectivity index (χ4n) is 4.27. The van der Waals surface area contributed by atoms with E-state index in [1.54, 1.807) is 24.3 Å². The minimum absolute atomic E-state index is 0.160. The normalized spacial score (nSPS) is 11.1. The number of ketones is 2. The second-order valence-corrected chi connectivity index (χ2v) is 9.84. The monoisotopic (exact) mass is 575 g/mol.